The van der Waals surface area contributed by atoms with Gasteiger partial charge in [0.2, 0.25) is 0 Å². The number of β-lactam (4-membered cyclic amide) rings is 1. The van der Waals surface area contributed by atoms with E-state index in [9.17, 15) is 33.5 Å². The number of hydrogen-bond acceptors (Lipinski definition) is 9. The highest BCUT2D eigenvalue weighted by Crippen LogP contribution is 2.39. The number of amides is 3. The van der Waals surface area contributed by atoms with Crippen molar-refractivity contribution in [3.05, 3.63) is 129 Å². The summed E-state index contributed by atoms with van der Waals surface area (Å²) >= 11 is 0. The Morgan fingerprint density at radius 3 is 2.24 bits per heavy atom. The molecule has 258 valence electrons. The normalized spacial score (nSPS) is 21.2. The average Bonchev–Trinajstić information content (AvgIpc) is 3.45. The quantitative estimate of drug-likeness (QED) is 0.116. The van der Waals surface area contributed by atoms with Gasteiger partial charge >= 0.3 is 12.1 Å². The second kappa shape index (κ2) is 13.7. The van der Waals surface area contributed by atoms with E-state index in [-0.39, 0.29) is 41.2 Å². The number of non-ortho nitro benzene ring substituents is 1. The summed E-state index contributed by atoms with van der Waals surface area (Å²) in [6, 6.07) is 22.5. The fourth-order valence-corrected chi connectivity index (χ4v) is 7.70. The number of allylic oxidation sites excluding steroid dienone is 1. The number of benzene rings is 3. The van der Waals surface area contributed by atoms with E-state index < -0.39 is 62.7 Å². The van der Waals surface area contributed by atoms with Gasteiger partial charge in [-0.05, 0) is 56.0 Å². The molecule has 6 rings (SSSR count). The third-order valence-electron chi connectivity index (χ3n) is 8.28. The molecule has 1 N–H and O–H groups in total. The predicted molar refractivity (Wildman–Crippen MR) is 183 cm³/mol. The van der Waals surface area contributed by atoms with Crippen molar-refractivity contribution in [1.82, 2.24) is 10.2 Å². The van der Waals surface area contributed by atoms with Crippen LogP contribution in [0.15, 0.2) is 108 Å². The number of alkyl carbamates (subject to hydrolysis) is 1. The fraction of sp³-hybridized carbons (Fsp3) is 0.278. The first kappa shape index (κ1) is 34.2. The lowest BCUT2D eigenvalue weighted by Gasteiger charge is -2.49. The summed E-state index contributed by atoms with van der Waals surface area (Å²) in [6.07, 6.45) is -0.0790. The maximum Gasteiger partial charge on any atom is 0.408 e. The Balaban J connectivity index is 1.38. The summed E-state index contributed by atoms with van der Waals surface area (Å²) in [5, 5.41) is 12.7. The van der Waals surface area contributed by atoms with Crippen molar-refractivity contribution in [2.45, 2.75) is 50.3 Å². The number of nitro groups is 1. The molecule has 2 saturated heterocycles. The third kappa shape index (κ3) is 6.92. The minimum Gasteiger partial charge on any atom is -0.448 e. The van der Waals surface area contributed by atoms with Crippen molar-refractivity contribution in [2.24, 2.45) is 0 Å². The standard InChI is InChI=1S/C36H34N4O9S/c1-36(2,3)49-35(44)37-28-32(42)39-29(34(43)48-30(22-11-6-4-7-12-22)23-13-8-5-9-14-23)25(21-50(47)33(28)39)19-24-17-18-38(31(24)41)26-15-10-16-27(20-26)40(45)46/h4-16,19-20,28,30,33H,17-18,21H2,1-3H3,(H,37,44)/b24-19+/t28-,33-,50?/m1/s1. The molecule has 3 atom stereocenters. The van der Waals surface area contributed by atoms with Gasteiger partial charge in [0, 0.05) is 24.3 Å². The van der Waals surface area contributed by atoms with Gasteiger partial charge in [0.15, 0.2) is 6.10 Å². The number of carbonyl (C=O) groups excluding carboxylic acids is 4. The summed E-state index contributed by atoms with van der Waals surface area (Å²) in [6.45, 7) is 5.20. The van der Waals surface area contributed by atoms with Gasteiger partial charge in [0.25, 0.3) is 17.5 Å². The second-order valence-electron chi connectivity index (χ2n) is 12.9. The number of nitrogens with zero attached hydrogens (tertiary/aromatic N) is 3. The fourth-order valence-electron chi connectivity index (χ4n) is 6.07. The highest BCUT2D eigenvalue weighted by atomic mass is 32.2. The number of fused-ring (bicyclic) bond motifs is 1. The van der Waals surface area contributed by atoms with Crippen molar-refractivity contribution in [1.29, 1.82) is 0 Å². The molecule has 2 fully saturated rings. The first-order chi connectivity index (χ1) is 23.8. The topological polar surface area (TPSA) is 165 Å². The van der Waals surface area contributed by atoms with Crippen LogP contribution in [-0.2, 0) is 34.7 Å². The van der Waals surface area contributed by atoms with Crippen LogP contribution in [-0.4, -0.2) is 67.2 Å². The molecule has 0 aromatic heterocycles. The van der Waals surface area contributed by atoms with E-state index in [1.807, 2.05) is 12.1 Å². The van der Waals surface area contributed by atoms with E-state index in [1.165, 1.54) is 29.2 Å². The molecule has 0 radical (unpaired) electrons. The van der Waals surface area contributed by atoms with Crippen LogP contribution in [0.1, 0.15) is 44.4 Å². The molecular weight excluding hydrogens is 664 g/mol. The lowest BCUT2D eigenvalue weighted by atomic mass is 10.00. The highest BCUT2D eigenvalue weighted by molar-refractivity contribution is 7.86. The van der Waals surface area contributed by atoms with Gasteiger partial charge in [-0.25, -0.2) is 9.59 Å². The largest absolute Gasteiger partial charge is 0.448 e. The van der Waals surface area contributed by atoms with Crippen molar-refractivity contribution in [3.8, 4) is 0 Å². The van der Waals surface area contributed by atoms with Gasteiger partial charge < -0.3 is 19.7 Å². The van der Waals surface area contributed by atoms with Crippen LogP contribution in [0.2, 0.25) is 0 Å². The zero-order chi connectivity index (χ0) is 35.7. The molecule has 0 aliphatic carbocycles. The van der Waals surface area contributed by atoms with Gasteiger partial charge in [-0.2, -0.15) is 0 Å². The van der Waals surface area contributed by atoms with Gasteiger partial charge in [0.05, 0.1) is 27.2 Å². The van der Waals surface area contributed by atoms with E-state index in [1.54, 1.807) is 75.4 Å². The minimum absolute atomic E-state index is 0.151. The van der Waals surface area contributed by atoms with Gasteiger partial charge in [-0.1, -0.05) is 66.7 Å². The van der Waals surface area contributed by atoms with E-state index in [4.69, 9.17) is 9.47 Å². The minimum atomic E-state index is -1.81. The molecule has 0 saturated carbocycles. The Morgan fingerprint density at radius 2 is 1.64 bits per heavy atom. The number of nitro benzene ring substituents is 1. The first-order valence-electron chi connectivity index (χ1n) is 15.8. The van der Waals surface area contributed by atoms with Crippen molar-refractivity contribution in [3.63, 3.8) is 0 Å². The molecule has 0 spiro atoms. The van der Waals surface area contributed by atoms with Gasteiger partial charge in [-0.15, -0.1) is 0 Å². The van der Waals surface area contributed by atoms with Crippen molar-refractivity contribution < 1.29 is 37.8 Å². The maximum absolute atomic E-state index is 14.3. The third-order valence-corrected chi connectivity index (χ3v) is 9.89. The SMILES string of the molecule is CC(C)(C)OC(=O)N[C@@H]1C(=O)N2C(C(=O)OC(c3ccccc3)c3ccccc3)=C(/C=C3\CCN(c4cccc([N+](=O)[O-])c4)C3=O)CS(=O)[C@H]12. The number of hydrogen-bond donors (Lipinski definition) is 1. The van der Waals surface area contributed by atoms with Crippen LogP contribution in [0.25, 0.3) is 0 Å². The predicted octanol–water partition coefficient (Wildman–Crippen LogP) is 4.67. The van der Waals surface area contributed by atoms with Crippen LogP contribution in [0, 0.1) is 10.1 Å². The average molecular weight is 699 g/mol. The molecule has 50 heavy (non-hydrogen) atoms. The summed E-state index contributed by atoms with van der Waals surface area (Å²) in [5.41, 5.74) is 0.856. The van der Waals surface area contributed by atoms with Crippen LogP contribution in [0.4, 0.5) is 16.2 Å². The lowest BCUT2D eigenvalue weighted by molar-refractivity contribution is -0.384. The van der Waals surface area contributed by atoms with Gasteiger partial charge in [-0.3, -0.25) is 28.8 Å². The Kier molecular flexibility index (Phi) is 9.39. The molecule has 3 aliphatic rings. The smallest absolute Gasteiger partial charge is 0.408 e. The monoisotopic (exact) mass is 698 g/mol. The Labute approximate surface area is 290 Å². The van der Waals surface area contributed by atoms with Crippen molar-refractivity contribution >= 4 is 46.1 Å². The number of nitrogens with one attached hydrogen (secondary N) is 1. The molecule has 3 aliphatic heterocycles. The summed E-state index contributed by atoms with van der Waals surface area (Å²) in [4.78, 5) is 67.4. The number of ether oxygens (including phenoxy) is 2. The Morgan fingerprint density at radius 1 is 1.00 bits per heavy atom. The molecule has 3 amide bonds. The molecule has 3 heterocycles. The van der Waals surface area contributed by atoms with Crippen LogP contribution >= 0.6 is 0 Å². The van der Waals surface area contributed by atoms with Gasteiger partial charge in [0.1, 0.15) is 22.7 Å². The highest BCUT2D eigenvalue weighted by Gasteiger charge is 2.58. The molecule has 1 unspecified atom stereocenters. The van der Waals surface area contributed by atoms with Crippen LogP contribution in [0.5, 0.6) is 0 Å². The number of rotatable bonds is 8. The van der Waals surface area contributed by atoms with Crippen LogP contribution < -0.4 is 10.2 Å². The van der Waals surface area contributed by atoms with E-state index in [0.29, 0.717) is 16.8 Å². The maximum atomic E-state index is 14.3. The number of esters is 1. The van der Waals surface area contributed by atoms with Crippen molar-refractivity contribution in [2.75, 3.05) is 17.2 Å². The Hall–Kier alpha value is -5.63. The van der Waals surface area contributed by atoms with E-state index >= 15 is 0 Å². The second-order valence-corrected chi connectivity index (χ2v) is 14.4. The summed E-state index contributed by atoms with van der Waals surface area (Å²) in [5.74, 6) is -2.25. The zero-order valence-corrected chi connectivity index (χ0v) is 28.3. The van der Waals surface area contributed by atoms with E-state index in [2.05, 4.69) is 5.32 Å². The van der Waals surface area contributed by atoms with E-state index in [0.717, 1.165) is 4.90 Å². The molecule has 0 bridgehead atoms. The zero-order valence-electron chi connectivity index (χ0n) is 27.4. The summed E-state index contributed by atoms with van der Waals surface area (Å²) < 4.78 is 25.2. The molecule has 14 heteroatoms. The molecule has 3 aromatic rings. The molecule has 13 nitrogen and oxygen atoms in total. The summed E-state index contributed by atoms with van der Waals surface area (Å²) in [7, 11) is -1.81. The Bertz CT molecular complexity index is 1920. The first-order valence-corrected chi connectivity index (χ1v) is 17.2. The number of anilines is 1. The molecular formula is C36H34N4O9S. The van der Waals surface area contributed by atoms with Crippen LogP contribution in [0.3, 0.4) is 0 Å². The number of carbonyl (C=O) groups is 4. The molecule has 3 aromatic carbocycles. The lowest BCUT2D eigenvalue weighted by Crippen LogP contribution is -2.73.